The highest BCUT2D eigenvalue weighted by atomic mass is 127. The maximum Gasteiger partial charge on any atom is 0.344 e. The van der Waals surface area contributed by atoms with Gasteiger partial charge in [-0.05, 0) is 77.9 Å². The maximum absolute atomic E-state index is 12.6. The van der Waals surface area contributed by atoms with Crippen molar-refractivity contribution in [3.05, 3.63) is 32.2 Å². The third-order valence-electron chi connectivity index (χ3n) is 4.53. The predicted octanol–water partition coefficient (Wildman–Crippen LogP) is 2.89. The van der Waals surface area contributed by atoms with Gasteiger partial charge in [0.05, 0.1) is 15.1 Å². The van der Waals surface area contributed by atoms with Crippen molar-refractivity contribution in [2.45, 2.75) is 19.8 Å². The van der Waals surface area contributed by atoms with Crippen LogP contribution in [0.15, 0.2) is 23.1 Å². The lowest BCUT2D eigenvalue weighted by Crippen LogP contribution is -2.40. The standard InChI is InChI=1S/C20H21IN2O6S/c1-2-28-18(25)12-29-15-6-5-13(9-14(15)21)10-16-19(26)23(20(27)30-16)11-17(24)22-7-3-4-8-22/h5-6,9-10H,2-4,7-8,11-12H2,1H3/b16-10+. The van der Waals surface area contributed by atoms with Gasteiger partial charge in [-0.15, -0.1) is 0 Å². The first-order valence-corrected chi connectivity index (χ1v) is 11.4. The Kier molecular flexibility index (Phi) is 7.75. The van der Waals surface area contributed by atoms with E-state index in [9.17, 15) is 19.2 Å². The highest BCUT2D eigenvalue weighted by Gasteiger charge is 2.37. The van der Waals surface area contributed by atoms with Gasteiger partial charge in [-0.2, -0.15) is 0 Å². The lowest BCUT2D eigenvalue weighted by Gasteiger charge is -2.18. The fraction of sp³-hybridized carbons (Fsp3) is 0.400. The Hall–Kier alpha value is -2.08. The molecule has 2 fully saturated rings. The van der Waals surface area contributed by atoms with Crippen LogP contribution in [0, 0.1) is 3.57 Å². The highest BCUT2D eigenvalue weighted by Crippen LogP contribution is 2.33. The van der Waals surface area contributed by atoms with Crippen molar-refractivity contribution in [1.29, 1.82) is 0 Å². The number of carbonyl (C=O) groups is 4. The average Bonchev–Trinajstić information content (AvgIpc) is 3.33. The second-order valence-corrected chi connectivity index (χ2v) is 8.79. The molecular weight excluding hydrogens is 523 g/mol. The monoisotopic (exact) mass is 544 g/mol. The third-order valence-corrected chi connectivity index (χ3v) is 6.28. The molecule has 0 saturated carbocycles. The first-order chi connectivity index (χ1) is 14.4. The topological polar surface area (TPSA) is 93.2 Å². The van der Waals surface area contributed by atoms with Gasteiger partial charge in [-0.25, -0.2) is 4.79 Å². The average molecular weight is 544 g/mol. The summed E-state index contributed by atoms with van der Waals surface area (Å²) in [5.41, 5.74) is 0.708. The summed E-state index contributed by atoms with van der Waals surface area (Å²) in [7, 11) is 0. The van der Waals surface area contributed by atoms with Crippen LogP contribution < -0.4 is 4.74 Å². The van der Waals surface area contributed by atoms with Gasteiger partial charge in [-0.3, -0.25) is 19.3 Å². The van der Waals surface area contributed by atoms with Crippen LogP contribution in [-0.2, 0) is 19.1 Å². The zero-order chi connectivity index (χ0) is 21.7. The molecule has 2 aliphatic heterocycles. The zero-order valence-corrected chi connectivity index (χ0v) is 19.4. The van der Waals surface area contributed by atoms with Crippen LogP contribution in [0.4, 0.5) is 4.79 Å². The quantitative estimate of drug-likeness (QED) is 0.296. The van der Waals surface area contributed by atoms with E-state index < -0.39 is 17.1 Å². The lowest BCUT2D eigenvalue weighted by molar-refractivity contribution is -0.145. The molecule has 0 aliphatic carbocycles. The number of imide groups is 1. The van der Waals surface area contributed by atoms with Crippen molar-refractivity contribution in [2.24, 2.45) is 0 Å². The molecule has 0 spiro atoms. The first-order valence-electron chi connectivity index (χ1n) is 9.50. The van der Waals surface area contributed by atoms with Gasteiger partial charge in [0.2, 0.25) is 5.91 Å². The Morgan fingerprint density at radius 3 is 2.63 bits per heavy atom. The molecule has 1 aromatic rings. The molecule has 3 amide bonds. The SMILES string of the molecule is CCOC(=O)COc1ccc(/C=C2/SC(=O)N(CC(=O)N3CCCC3)C2=O)cc1I. The molecule has 0 N–H and O–H groups in total. The maximum atomic E-state index is 12.6. The first kappa shape index (κ1) is 22.6. The van der Waals surface area contributed by atoms with Gasteiger partial charge in [0.15, 0.2) is 6.61 Å². The van der Waals surface area contributed by atoms with Crippen molar-refractivity contribution in [3.63, 3.8) is 0 Å². The molecule has 0 bridgehead atoms. The molecule has 8 nitrogen and oxygen atoms in total. The van der Waals surface area contributed by atoms with Crippen LogP contribution >= 0.6 is 34.4 Å². The summed E-state index contributed by atoms with van der Waals surface area (Å²) in [5.74, 6) is -0.594. The molecule has 0 radical (unpaired) electrons. The summed E-state index contributed by atoms with van der Waals surface area (Å²) in [5, 5.41) is -0.442. The number of hydrogen-bond donors (Lipinski definition) is 0. The molecule has 1 aromatic carbocycles. The van der Waals surface area contributed by atoms with Crippen molar-refractivity contribution < 1.29 is 28.7 Å². The van der Waals surface area contributed by atoms with Gasteiger partial charge in [0, 0.05) is 13.1 Å². The number of ether oxygens (including phenoxy) is 2. The van der Waals surface area contributed by atoms with Gasteiger partial charge in [-0.1, -0.05) is 6.07 Å². The minimum atomic E-state index is -0.463. The number of thioether (sulfide) groups is 1. The summed E-state index contributed by atoms with van der Waals surface area (Å²) < 4.78 is 11.0. The largest absolute Gasteiger partial charge is 0.481 e. The fourth-order valence-corrected chi connectivity index (χ4v) is 4.59. The second kappa shape index (κ2) is 10.3. The summed E-state index contributed by atoms with van der Waals surface area (Å²) >= 11 is 2.89. The summed E-state index contributed by atoms with van der Waals surface area (Å²) in [6.07, 6.45) is 3.51. The number of amides is 3. The van der Waals surface area contributed by atoms with Crippen molar-refractivity contribution in [2.75, 3.05) is 32.8 Å². The smallest absolute Gasteiger partial charge is 0.344 e. The van der Waals surface area contributed by atoms with Crippen molar-refractivity contribution >= 4 is 63.5 Å². The van der Waals surface area contributed by atoms with Crippen molar-refractivity contribution in [1.82, 2.24) is 9.80 Å². The Morgan fingerprint density at radius 2 is 1.97 bits per heavy atom. The summed E-state index contributed by atoms with van der Waals surface area (Å²) in [6, 6.07) is 5.20. The lowest BCUT2D eigenvalue weighted by atomic mass is 10.2. The van der Waals surface area contributed by atoms with Crippen LogP contribution in [0.1, 0.15) is 25.3 Å². The van der Waals surface area contributed by atoms with E-state index in [2.05, 4.69) is 22.6 Å². The van der Waals surface area contributed by atoms with Gasteiger partial charge in [0.1, 0.15) is 12.3 Å². The molecule has 0 aromatic heterocycles. The molecule has 3 rings (SSSR count). The molecule has 2 heterocycles. The number of benzene rings is 1. The molecule has 0 atom stereocenters. The molecule has 0 unspecified atom stereocenters. The predicted molar refractivity (Wildman–Crippen MR) is 120 cm³/mol. The van der Waals surface area contributed by atoms with E-state index in [0.29, 0.717) is 24.4 Å². The number of hydrogen-bond acceptors (Lipinski definition) is 7. The van der Waals surface area contributed by atoms with E-state index >= 15 is 0 Å². The van der Waals surface area contributed by atoms with Crippen LogP contribution in [0.25, 0.3) is 6.08 Å². The summed E-state index contributed by atoms with van der Waals surface area (Å²) in [4.78, 5) is 51.5. The van der Waals surface area contributed by atoms with E-state index in [1.165, 1.54) is 0 Å². The zero-order valence-electron chi connectivity index (χ0n) is 16.4. The van der Waals surface area contributed by atoms with Crippen LogP contribution in [-0.4, -0.2) is 65.7 Å². The molecule has 30 heavy (non-hydrogen) atoms. The number of nitrogens with zero attached hydrogens (tertiary/aromatic N) is 2. The van der Waals surface area contributed by atoms with Gasteiger partial charge >= 0.3 is 5.97 Å². The Labute approximate surface area is 192 Å². The van der Waals surface area contributed by atoms with Crippen LogP contribution in [0.3, 0.4) is 0 Å². The second-order valence-electron chi connectivity index (χ2n) is 6.64. The fourth-order valence-electron chi connectivity index (χ4n) is 3.05. The molecule has 2 saturated heterocycles. The normalized spacial score (nSPS) is 17.7. The van der Waals surface area contributed by atoms with E-state index in [4.69, 9.17) is 9.47 Å². The van der Waals surface area contributed by atoms with Crippen molar-refractivity contribution in [3.8, 4) is 5.75 Å². The van der Waals surface area contributed by atoms with E-state index in [1.807, 2.05) is 0 Å². The van der Waals surface area contributed by atoms with Gasteiger partial charge < -0.3 is 14.4 Å². The summed E-state index contributed by atoms with van der Waals surface area (Å²) in [6.45, 7) is 2.95. The number of carbonyl (C=O) groups excluding carboxylic acids is 4. The number of esters is 1. The Morgan fingerprint density at radius 1 is 1.23 bits per heavy atom. The Bertz CT molecular complexity index is 897. The molecular formula is C20H21IN2O6S. The minimum Gasteiger partial charge on any atom is -0.481 e. The number of halogens is 1. The van der Waals surface area contributed by atoms with Crippen LogP contribution in [0.5, 0.6) is 5.75 Å². The van der Waals surface area contributed by atoms with E-state index in [1.54, 1.807) is 36.1 Å². The van der Waals surface area contributed by atoms with Gasteiger partial charge in [0.25, 0.3) is 11.1 Å². The van der Waals surface area contributed by atoms with E-state index in [0.717, 1.165) is 33.1 Å². The van der Waals surface area contributed by atoms with E-state index in [-0.39, 0.29) is 30.6 Å². The van der Waals surface area contributed by atoms with Crippen LogP contribution in [0.2, 0.25) is 0 Å². The third kappa shape index (κ3) is 5.54. The number of likely N-dealkylation sites (tertiary alicyclic amines) is 1. The Balaban J connectivity index is 1.65. The highest BCUT2D eigenvalue weighted by molar-refractivity contribution is 14.1. The minimum absolute atomic E-state index is 0.187. The molecule has 160 valence electrons. The number of rotatable bonds is 7. The molecule has 10 heteroatoms. The molecule has 2 aliphatic rings.